The standard InChI is InChI=1S/C16H22N2O3/c1-13-2-3-15-14(12-13)16(19)18(8-11-21-15)5-4-17-6-9-20-10-7-17/h2-3,12H,4-11H2,1H3. The van der Waals surface area contributed by atoms with Crippen LogP contribution in [-0.2, 0) is 4.74 Å². The minimum absolute atomic E-state index is 0.0828. The monoisotopic (exact) mass is 290 g/mol. The number of carbonyl (C=O) groups excluding carboxylic acids is 1. The lowest BCUT2D eigenvalue weighted by Gasteiger charge is -2.29. The molecule has 0 unspecified atom stereocenters. The highest BCUT2D eigenvalue weighted by molar-refractivity contribution is 5.97. The molecule has 1 amide bonds. The smallest absolute Gasteiger partial charge is 0.257 e. The third kappa shape index (κ3) is 3.36. The van der Waals surface area contributed by atoms with Gasteiger partial charge in [-0.1, -0.05) is 11.6 Å². The fraction of sp³-hybridized carbons (Fsp3) is 0.562. The van der Waals surface area contributed by atoms with E-state index in [1.165, 1.54) is 0 Å². The molecule has 1 saturated heterocycles. The van der Waals surface area contributed by atoms with Crippen LogP contribution in [0.2, 0.25) is 0 Å². The Morgan fingerprint density at radius 1 is 1.10 bits per heavy atom. The molecular formula is C16H22N2O3. The minimum Gasteiger partial charge on any atom is -0.491 e. The third-order valence-electron chi connectivity index (χ3n) is 4.06. The number of hydrogen-bond donors (Lipinski definition) is 0. The Hall–Kier alpha value is -1.59. The van der Waals surface area contributed by atoms with Gasteiger partial charge in [0, 0.05) is 26.2 Å². The highest BCUT2D eigenvalue weighted by atomic mass is 16.5. The normalized spacial score (nSPS) is 19.9. The zero-order chi connectivity index (χ0) is 14.7. The van der Waals surface area contributed by atoms with Gasteiger partial charge in [0.25, 0.3) is 5.91 Å². The van der Waals surface area contributed by atoms with Crippen LogP contribution in [0.5, 0.6) is 5.75 Å². The van der Waals surface area contributed by atoms with Crippen LogP contribution in [0.25, 0.3) is 0 Å². The summed E-state index contributed by atoms with van der Waals surface area (Å²) in [5, 5.41) is 0. The summed E-state index contributed by atoms with van der Waals surface area (Å²) in [5.74, 6) is 0.791. The maximum absolute atomic E-state index is 12.7. The van der Waals surface area contributed by atoms with Gasteiger partial charge in [-0.15, -0.1) is 0 Å². The van der Waals surface area contributed by atoms with Crippen molar-refractivity contribution in [3.05, 3.63) is 29.3 Å². The van der Waals surface area contributed by atoms with Gasteiger partial charge in [-0.3, -0.25) is 9.69 Å². The summed E-state index contributed by atoms with van der Waals surface area (Å²) in [6.45, 7) is 8.34. The molecule has 0 atom stereocenters. The molecule has 2 aliphatic rings. The Morgan fingerprint density at radius 2 is 1.90 bits per heavy atom. The molecule has 2 heterocycles. The van der Waals surface area contributed by atoms with E-state index in [1.807, 2.05) is 30.0 Å². The van der Waals surface area contributed by atoms with E-state index in [4.69, 9.17) is 9.47 Å². The number of fused-ring (bicyclic) bond motifs is 1. The number of benzene rings is 1. The molecule has 1 fully saturated rings. The van der Waals surface area contributed by atoms with Crippen LogP contribution in [0, 0.1) is 6.92 Å². The molecule has 0 spiro atoms. The second-order valence-corrected chi connectivity index (χ2v) is 5.59. The number of aryl methyl sites for hydroxylation is 1. The Kier molecular flexibility index (Phi) is 4.41. The molecule has 1 aromatic carbocycles. The molecule has 2 aliphatic heterocycles. The second-order valence-electron chi connectivity index (χ2n) is 5.59. The first-order valence-electron chi connectivity index (χ1n) is 7.57. The fourth-order valence-electron chi connectivity index (χ4n) is 2.77. The van der Waals surface area contributed by atoms with Crippen LogP contribution in [0.3, 0.4) is 0 Å². The number of hydrogen-bond acceptors (Lipinski definition) is 4. The van der Waals surface area contributed by atoms with Gasteiger partial charge in [-0.2, -0.15) is 0 Å². The zero-order valence-electron chi connectivity index (χ0n) is 12.5. The maximum atomic E-state index is 12.7. The molecule has 0 saturated carbocycles. The summed E-state index contributed by atoms with van der Waals surface area (Å²) >= 11 is 0. The Labute approximate surface area is 125 Å². The summed E-state index contributed by atoms with van der Waals surface area (Å²) in [5.41, 5.74) is 1.77. The molecule has 5 nitrogen and oxygen atoms in total. The quantitative estimate of drug-likeness (QED) is 0.838. The van der Waals surface area contributed by atoms with Crippen LogP contribution < -0.4 is 4.74 Å². The predicted molar refractivity (Wildman–Crippen MR) is 79.8 cm³/mol. The number of nitrogens with zero attached hydrogens (tertiary/aromatic N) is 2. The van der Waals surface area contributed by atoms with E-state index in [-0.39, 0.29) is 5.91 Å². The van der Waals surface area contributed by atoms with Crippen molar-refractivity contribution >= 4 is 5.91 Å². The van der Waals surface area contributed by atoms with Crippen LogP contribution in [0.1, 0.15) is 15.9 Å². The molecule has 0 aromatic heterocycles. The number of morpholine rings is 1. The molecule has 3 rings (SSSR count). The van der Waals surface area contributed by atoms with Crippen molar-refractivity contribution in [1.29, 1.82) is 0 Å². The van der Waals surface area contributed by atoms with Crippen molar-refractivity contribution < 1.29 is 14.3 Å². The van der Waals surface area contributed by atoms with Crippen molar-refractivity contribution in [2.45, 2.75) is 6.92 Å². The second kappa shape index (κ2) is 6.45. The molecule has 0 N–H and O–H groups in total. The van der Waals surface area contributed by atoms with Gasteiger partial charge in [0.15, 0.2) is 0 Å². The number of rotatable bonds is 3. The first kappa shape index (κ1) is 14.4. The van der Waals surface area contributed by atoms with E-state index in [2.05, 4.69) is 4.90 Å². The SMILES string of the molecule is Cc1ccc2c(c1)C(=O)N(CCN1CCOCC1)CCO2. The van der Waals surface area contributed by atoms with Crippen molar-refractivity contribution in [1.82, 2.24) is 9.80 Å². The highest BCUT2D eigenvalue weighted by Gasteiger charge is 2.24. The molecule has 0 bridgehead atoms. The van der Waals surface area contributed by atoms with Crippen LogP contribution >= 0.6 is 0 Å². The summed E-state index contributed by atoms with van der Waals surface area (Å²) in [7, 11) is 0. The van der Waals surface area contributed by atoms with Gasteiger partial charge in [0.05, 0.1) is 25.3 Å². The van der Waals surface area contributed by atoms with Gasteiger partial charge < -0.3 is 14.4 Å². The Morgan fingerprint density at radius 3 is 2.71 bits per heavy atom. The van der Waals surface area contributed by atoms with Gasteiger partial charge in [0.2, 0.25) is 0 Å². The van der Waals surface area contributed by atoms with E-state index in [0.717, 1.165) is 45.0 Å². The van der Waals surface area contributed by atoms with Gasteiger partial charge >= 0.3 is 0 Å². The summed E-state index contributed by atoms with van der Waals surface area (Å²) in [4.78, 5) is 16.9. The van der Waals surface area contributed by atoms with Crippen LogP contribution in [-0.4, -0.2) is 68.3 Å². The molecule has 21 heavy (non-hydrogen) atoms. The summed E-state index contributed by atoms with van der Waals surface area (Å²) in [6.07, 6.45) is 0. The lowest BCUT2D eigenvalue weighted by atomic mass is 10.1. The Bertz CT molecular complexity index is 512. The first-order chi connectivity index (χ1) is 10.2. The molecule has 5 heteroatoms. The zero-order valence-corrected chi connectivity index (χ0v) is 12.5. The van der Waals surface area contributed by atoms with E-state index >= 15 is 0 Å². The average molecular weight is 290 g/mol. The van der Waals surface area contributed by atoms with Crippen LogP contribution in [0.15, 0.2) is 18.2 Å². The first-order valence-corrected chi connectivity index (χ1v) is 7.57. The highest BCUT2D eigenvalue weighted by Crippen LogP contribution is 2.24. The van der Waals surface area contributed by atoms with E-state index < -0.39 is 0 Å². The summed E-state index contributed by atoms with van der Waals surface area (Å²) in [6, 6.07) is 5.80. The van der Waals surface area contributed by atoms with Crippen molar-refractivity contribution in [2.75, 3.05) is 52.5 Å². The van der Waals surface area contributed by atoms with E-state index in [9.17, 15) is 4.79 Å². The molecule has 1 aromatic rings. The number of carbonyl (C=O) groups is 1. The van der Waals surface area contributed by atoms with E-state index in [0.29, 0.717) is 24.5 Å². The molecule has 0 radical (unpaired) electrons. The lowest BCUT2D eigenvalue weighted by Crippen LogP contribution is -2.43. The van der Waals surface area contributed by atoms with Crippen LogP contribution in [0.4, 0.5) is 0 Å². The van der Waals surface area contributed by atoms with Crippen molar-refractivity contribution in [3.63, 3.8) is 0 Å². The maximum Gasteiger partial charge on any atom is 0.257 e. The largest absolute Gasteiger partial charge is 0.491 e. The van der Waals surface area contributed by atoms with Crippen molar-refractivity contribution in [2.24, 2.45) is 0 Å². The lowest BCUT2D eigenvalue weighted by molar-refractivity contribution is 0.0323. The van der Waals surface area contributed by atoms with Gasteiger partial charge in [-0.25, -0.2) is 0 Å². The Balaban J connectivity index is 1.67. The fourth-order valence-corrected chi connectivity index (χ4v) is 2.77. The average Bonchev–Trinajstić information content (AvgIpc) is 2.66. The van der Waals surface area contributed by atoms with E-state index in [1.54, 1.807) is 0 Å². The molecule has 114 valence electrons. The number of amides is 1. The third-order valence-corrected chi connectivity index (χ3v) is 4.06. The molecule has 0 aliphatic carbocycles. The predicted octanol–water partition coefficient (Wildman–Crippen LogP) is 1.16. The minimum atomic E-state index is 0.0828. The summed E-state index contributed by atoms with van der Waals surface area (Å²) < 4.78 is 11.0. The number of ether oxygens (including phenoxy) is 2. The molecular weight excluding hydrogens is 268 g/mol. The van der Waals surface area contributed by atoms with Gasteiger partial charge in [0.1, 0.15) is 12.4 Å². The topological polar surface area (TPSA) is 42.0 Å². The van der Waals surface area contributed by atoms with Gasteiger partial charge in [-0.05, 0) is 19.1 Å². The van der Waals surface area contributed by atoms with Crippen molar-refractivity contribution in [3.8, 4) is 5.75 Å².